The average Bonchev–Trinajstić information content (AvgIpc) is 3.25. The number of anilines is 1. The molecule has 2 amide bonds. The van der Waals surface area contributed by atoms with Gasteiger partial charge in [-0.3, -0.25) is 9.59 Å². The van der Waals surface area contributed by atoms with Gasteiger partial charge in [-0.25, -0.2) is 9.97 Å². The van der Waals surface area contributed by atoms with Crippen LogP contribution in [0.25, 0.3) is 16.9 Å². The summed E-state index contributed by atoms with van der Waals surface area (Å²) in [6.07, 6.45) is 5.55. The number of amides is 2. The van der Waals surface area contributed by atoms with E-state index >= 15 is 0 Å². The Bertz CT molecular complexity index is 1130. The van der Waals surface area contributed by atoms with Gasteiger partial charge in [0.1, 0.15) is 5.65 Å². The number of aromatic nitrogens is 3. The Morgan fingerprint density at radius 3 is 2.79 bits per heavy atom. The summed E-state index contributed by atoms with van der Waals surface area (Å²) >= 11 is 1.30. The van der Waals surface area contributed by atoms with Crippen LogP contribution >= 0.6 is 11.3 Å². The number of nitriles is 1. The zero-order chi connectivity index (χ0) is 19.3. The van der Waals surface area contributed by atoms with Crippen LogP contribution in [0.3, 0.4) is 0 Å². The molecule has 0 atom stereocenters. The predicted octanol–water partition coefficient (Wildman–Crippen LogP) is 2.40. The van der Waals surface area contributed by atoms with Gasteiger partial charge in [-0.05, 0) is 25.0 Å². The van der Waals surface area contributed by atoms with Crippen molar-refractivity contribution < 1.29 is 9.59 Å². The van der Waals surface area contributed by atoms with Crippen molar-refractivity contribution in [3.63, 3.8) is 0 Å². The van der Waals surface area contributed by atoms with E-state index in [-0.39, 0.29) is 23.7 Å². The summed E-state index contributed by atoms with van der Waals surface area (Å²) in [5, 5.41) is 14.0. The second-order valence-electron chi connectivity index (χ2n) is 7.15. The quantitative estimate of drug-likeness (QED) is 0.734. The Morgan fingerprint density at radius 2 is 2.04 bits per heavy atom. The average molecular weight is 392 g/mol. The van der Waals surface area contributed by atoms with E-state index in [1.54, 1.807) is 11.1 Å². The van der Waals surface area contributed by atoms with Crippen molar-refractivity contribution >= 4 is 34.6 Å². The lowest BCUT2D eigenvalue weighted by Crippen LogP contribution is -2.49. The summed E-state index contributed by atoms with van der Waals surface area (Å²) in [5.41, 5.74) is 2.30. The molecule has 0 bridgehead atoms. The lowest BCUT2D eigenvalue weighted by atomic mass is 10.0. The molecule has 2 fully saturated rings. The fraction of sp³-hybridized carbons (Fsp3) is 0.316. The van der Waals surface area contributed by atoms with Gasteiger partial charge in [0.25, 0.3) is 5.91 Å². The molecule has 8 nitrogen and oxygen atoms in total. The number of carbonyl (C=O) groups is 2. The van der Waals surface area contributed by atoms with Gasteiger partial charge in [-0.2, -0.15) is 5.26 Å². The number of thiazole rings is 1. The number of hydrogen-bond acceptors (Lipinski definition) is 6. The van der Waals surface area contributed by atoms with Gasteiger partial charge in [0.2, 0.25) is 5.91 Å². The van der Waals surface area contributed by atoms with Crippen LogP contribution in [0, 0.1) is 23.2 Å². The van der Waals surface area contributed by atoms with E-state index in [0.717, 1.165) is 24.1 Å². The Morgan fingerprint density at radius 1 is 1.21 bits per heavy atom. The van der Waals surface area contributed by atoms with Crippen molar-refractivity contribution in [2.45, 2.75) is 12.8 Å². The summed E-state index contributed by atoms with van der Waals surface area (Å²) in [6.45, 7) is 0.946. The van der Waals surface area contributed by atoms with Crippen molar-refractivity contribution in [1.29, 1.82) is 5.26 Å². The van der Waals surface area contributed by atoms with E-state index in [9.17, 15) is 9.59 Å². The maximum absolute atomic E-state index is 12.4. The van der Waals surface area contributed by atoms with E-state index in [1.807, 2.05) is 28.1 Å². The van der Waals surface area contributed by atoms with E-state index in [4.69, 9.17) is 5.26 Å². The van der Waals surface area contributed by atoms with E-state index < -0.39 is 0 Å². The Kier molecular flexibility index (Phi) is 3.87. The summed E-state index contributed by atoms with van der Waals surface area (Å²) < 4.78 is 1.84. The zero-order valence-corrected chi connectivity index (χ0v) is 15.6. The molecule has 1 N–H and O–H groups in total. The monoisotopic (exact) mass is 392 g/mol. The van der Waals surface area contributed by atoms with Crippen LogP contribution in [-0.4, -0.2) is 44.2 Å². The molecule has 0 spiro atoms. The van der Waals surface area contributed by atoms with Crippen LogP contribution in [0.15, 0.2) is 29.9 Å². The number of pyridine rings is 1. The normalized spacial score (nSPS) is 16.6. The number of carbonyl (C=O) groups excluding carboxylic acids is 2. The van der Waals surface area contributed by atoms with E-state index in [0.29, 0.717) is 29.6 Å². The molecule has 0 radical (unpaired) electrons. The highest BCUT2D eigenvalue weighted by Crippen LogP contribution is 2.30. The number of nitrogens with one attached hydrogen (secondary N) is 1. The van der Waals surface area contributed by atoms with Crippen LogP contribution < -0.4 is 5.32 Å². The third-order valence-corrected chi connectivity index (χ3v) is 5.81. The highest BCUT2D eigenvalue weighted by atomic mass is 32.1. The molecule has 3 aromatic heterocycles. The molecule has 1 aliphatic carbocycles. The number of fused-ring (bicyclic) bond motifs is 1. The van der Waals surface area contributed by atoms with Gasteiger partial charge in [0, 0.05) is 36.1 Å². The Labute approximate surface area is 164 Å². The predicted molar refractivity (Wildman–Crippen MR) is 103 cm³/mol. The first kappa shape index (κ1) is 16.9. The molecule has 1 aliphatic heterocycles. The molecule has 1 saturated carbocycles. The summed E-state index contributed by atoms with van der Waals surface area (Å²) in [5.74, 6) is 0.489. The van der Waals surface area contributed by atoms with Crippen LogP contribution in [-0.2, 0) is 4.79 Å². The summed E-state index contributed by atoms with van der Waals surface area (Å²) in [4.78, 5) is 34.9. The highest BCUT2D eigenvalue weighted by Gasteiger charge is 2.32. The van der Waals surface area contributed by atoms with Crippen molar-refractivity contribution in [1.82, 2.24) is 19.3 Å². The van der Waals surface area contributed by atoms with Gasteiger partial charge in [0.05, 0.1) is 23.9 Å². The molecule has 4 heterocycles. The van der Waals surface area contributed by atoms with Gasteiger partial charge in [-0.15, -0.1) is 11.3 Å². The number of likely N-dealkylation sites (tertiary alicyclic amines) is 1. The minimum Gasteiger partial charge on any atom is -0.334 e. The Hall–Kier alpha value is -3.25. The third kappa shape index (κ3) is 3.01. The van der Waals surface area contributed by atoms with Gasteiger partial charge >= 0.3 is 0 Å². The molecular formula is C19H16N6O2S. The first-order valence-corrected chi connectivity index (χ1v) is 9.93. The second kappa shape index (κ2) is 6.42. The van der Waals surface area contributed by atoms with Crippen molar-refractivity contribution in [2.24, 2.45) is 11.8 Å². The van der Waals surface area contributed by atoms with Crippen LogP contribution in [0.4, 0.5) is 5.82 Å². The third-order valence-electron chi connectivity index (χ3n) is 4.98. The van der Waals surface area contributed by atoms with Crippen molar-refractivity contribution in [3.05, 3.63) is 34.9 Å². The topological polar surface area (TPSA) is 103 Å². The molecule has 140 valence electrons. The molecule has 2 aliphatic rings. The Balaban J connectivity index is 1.34. The minimum absolute atomic E-state index is 0.0240. The van der Waals surface area contributed by atoms with E-state index in [2.05, 4.69) is 21.4 Å². The molecule has 28 heavy (non-hydrogen) atoms. The molecule has 3 aromatic rings. The maximum Gasteiger partial charge on any atom is 0.282 e. The molecule has 0 aromatic carbocycles. The SMILES string of the molecule is N#CC1CN(C(=O)c2nc(-c3ccc4nc(NC(=O)C5CC5)cn4c3)cs2)C1. The highest BCUT2D eigenvalue weighted by molar-refractivity contribution is 7.12. The number of imidazole rings is 1. The first-order valence-electron chi connectivity index (χ1n) is 9.05. The standard InChI is InChI=1S/C19H16N6O2S/c20-5-11-6-25(7-11)19(27)18-21-14(10-28-18)13-3-4-16-22-15(9-24(16)8-13)23-17(26)12-1-2-12/h3-4,8-12H,1-2,6-7H2,(H,23,26). The van der Waals surface area contributed by atoms with Crippen molar-refractivity contribution in [3.8, 4) is 17.3 Å². The van der Waals surface area contributed by atoms with E-state index in [1.165, 1.54) is 11.3 Å². The number of rotatable bonds is 4. The summed E-state index contributed by atoms with van der Waals surface area (Å²) in [6, 6.07) is 5.92. The maximum atomic E-state index is 12.4. The fourth-order valence-corrected chi connectivity index (χ4v) is 3.94. The molecule has 9 heteroatoms. The van der Waals surface area contributed by atoms with Gasteiger partial charge < -0.3 is 14.6 Å². The minimum atomic E-state index is -0.128. The van der Waals surface area contributed by atoms with Crippen LogP contribution in [0.5, 0.6) is 0 Å². The van der Waals surface area contributed by atoms with Gasteiger partial charge in [-0.1, -0.05) is 0 Å². The molecule has 1 saturated heterocycles. The summed E-state index contributed by atoms with van der Waals surface area (Å²) in [7, 11) is 0. The fourth-order valence-electron chi connectivity index (χ4n) is 3.14. The van der Waals surface area contributed by atoms with Crippen LogP contribution in [0.2, 0.25) is 0 Å². The lowest BCUT2D eigenvalue weighted by Gasteiger charge is -2.34. The second-order valence-corrected chi connectivity index (χ2v) is 8.01. The van der Waals surface area contributed by atoms with Crippen molar-refractivity contribution in [2.75, 3.05) is 18.4 Å². The van der Waals surface area contributed by atoms with Crippen LogP contribution in [0.1, 0.15) is 22.6 Å². The first-order chi connectivity index (χ1) is 13.6. The van der Waals surface area contributed by atoms with Gasteiger partial charge in [0.15, 0.2) is 10.8 Å². The largest absolute Gasteiger partial charge is 0.334 e. The molecule has 0 unspecified atom stereocenters. The lowest BCUT2D eigenvalue weighted by molar-refractivity contribution is -0.117. The molecular weight excluding hydrogens is 376 g/mol. The number of nitrogens with zero attached hydrogens (tertiary/aromatic N) is 5. The zero-order valence-electron chi connectivity index (χ0n) is 14.8. The smallest absolute Gasteiger partial charge is 0.282 e. The molecule has 5 rings (SSSR count). The number of hydrogen-bond donors (Lipinski definition) is 1.